The van der Waals surface area contributed by atoms with E-state index in [4.69, 9.17) is 14.7 Å². The molecule has 1 fully saturated rings. The van der Waals surface area contributed by atoms with Crippen molar-refractivity contribution in [3.05, 3.63) is 53.7 Å². The predicted octanol–water partition coefficient (Wildman–Crippen LogP) is 3.88. The highest BCUT2D eigenvalue weighted by Crippen LogP contribution is 2.31. The number of ether oxygens (including phenoxy) is 1. The summed E-state index contributed by atoms with van der Waals surface area (Å²) in [7, 11) is 1.60. The molecule has 0 aromatic carbocycles. The zero-order valence-electron chi connectivity index (χ0n) is 24.9. The number of aromatic nitrogens is 4. The van der Waals surface area contributed by atoms with E-state index in [9.17, 15) is 14.4 Å². The number of likely N-dealkylation sites (N-methyl/N-ethyl adjacent to an activating group) is 1. The summed E-state index contributed by atoms with van der Waals surface area (Å²) >= 11 is 1.59. The highest BCUT2D eigenvalue weighted by Gasteiger charge is 2.35. The Kier molecular flexibility index (Phi) is 8.62. The molecule has 0 radical (unpaired) electrons. The maximum atomic E-state index is 13.5. The normalized spacial score (nSPS) is 15.5. The van der Waals surface area contributed by atoms with Crippen molar-refractivity contribution in [3.63, 3.8) is 0 Å². The van der Waals surface area contributed by atoms with Crippen LogP contribution in [0.4, 0.5) is 10.6 Å². The molecule has 4 aromatic rings. The van der Waals surface area contributed by atoms with Gasteiger partial charge in [-0.3, -0.25) is 9.59 Å². The van der Waals surface area contributed by atoms with Gasteiger partial charge in [0.25, 0.3) is 5.91 Å². The maximum Gasteiger partial charge on any atom is 0.407 e. The Bertz CT molecular complexity index is 1630. The Morgan fingerprint density at radius 2 is 1.98 bits per heavy atom. The molecule has 5 rings (SSSR count). The third kappa shape index (κ3) is 6.77. The standard InChI is InChI=1S/C30H36N8O4S/c1-6-19(34-29(41)42-30(2,3)4)16-32-27(39)18-14-22(35-25(15-18)37-11-10-23(37)28(40)31-5)20-17-33-38-12-9-21(36-26(20)38)24-8-7-13-43-24/h7-9,12-15,17,19,23H,6,10-11,16H2,1-5H3,(H,31,40)(H,32,39)(H,34,41)/t19?,23-/m0/s1. The highest BCUT2D eigenvalue weighted by molar-refractivity contribution is 7.13. The highest BCUT2D eigenvalue weighted by atomic mass is 32.1. The van der Waals surface area contributed by atoms with E-state index in [2.05, 4.69) is 21.0 Å². The number of amides is 3. The zero-order valence-corrected chi connectivity index (χ0v) is 25.7. The summed E-state index contributed by atoms with van der Waals surface area (Å²) in [6, 6.07) is 8.57. The summed E-state index contributed by atoms with van der Waals surface area (Å²) in [5.74, 6) is 0.0620. The van der Waals surface area contributed by atoms with Crippen molar-refractivity contribution < 1.29 is 19.1 Å². The van der Waals surface area contributed by atoms with Crippen molar-refractivity contribution in [2.24, 2.45) is 0 Å². The van der Waals surface area contributed by atoms with E-state index in [0.717, 1.165) is 10.6 Å². The van der Waals surface area contributed by atoms with Crippen LogP contribution in [0.2, 0.25) is 0 Å². The van der Waals surface area contributed by atoms with Crippen LogP contribution in [-0.2, 0) is 9.53 Å². The number of hydrogen-bond acceptors (Lipinski definition) is 9. The van der Waals surface area contributed by atoms with E-state index in [1.165, 1.54) is 0 Å². The quantitative estimate of drug-likeness (QED) is 0.261. The maximum absolute atomic E-state index is 13.5. The van der Waals surface area contributed by atoms with E-state index in [-0.39, 0.29) is 30.4 Å². The van der Waals surface area contributed by atoms with E-state index >= 15 is 0 Å². The molecule has 3 amide bonds. The van der Waals surface area contributed by atoms with Crippen LogP contribution in [0.15, 0.2) is 48.1 Å². The molecule has 1 aliphatic heterocycles. The van der Waals surface area contributed by atoms with Gasteiger partial charge in [0, 0.05) is 37.9 Å². The number of rotatable bonds is 9. The lowest BCUT2D eigenvalue weighted by Gasteiger charge is -2.40. The van der Waals surface area contributed by atoms with Crippen LogP contribution in [0.1, 0.15) is 50.9 Å². The van der Waals surface area contributed by atoms with Crippen LogP contribution < -0.4 is 20.9 Å². The molecule has 1 saturated heterocycles. The largest absolute Gasteiger partial charge is 0.444 e. The number of carbonyl (C=O) groups is 3. The number of fused-ring (bicyclic) bond motifs is 1. The Morgan fingerprint density at radius 1 is 1.16 bits per heavy atom. The van der Waals surface area contributed by atoms with Crippen molar-refractivity contribution in [2.45, 2.75) is 58.2 Å². The van der Waals surface area contributed by atoms with Crippen LogP contribution in [0, 0.1) is 0 Å². The van der Waals surface area contributed by atoms with Gasteiger partial charge in [-0.05, 0) is 63.3 Å². The van der Waals surface area contributed by atoms with E-state index in [1.54, 1.807) is 62.0 Å². The number of anilines is 1. The van der Waals surface area contributed by atoms with Gasteiger partial charge in [-0.15, -0.1) is 11.3 Å². The monoisotopic (exact) mass is 604 g/mol. The fourth-order valence-corrected chi connectivity index (χ4v) is 5.43. The number of hydrogen-bond donors (Lipinski definition) is 3. The smallest absolute Gasteiger partial charge is 0.407 e. The van der Waals surface area contributed by atoms with Gasteiger partial charge in [0.2, 0.25) is 5.91 Å². The Hall–Kier alpha value is -4.52. The molecule has 1 unspecified atom stereocenters. The summed E-state index contributed by atoms with van der Waals surface area (Å²) in [5.41, 5.74) is 2.31. The molecule has 0 bridgehead atoms. The molecule has 4 aromatic heterocycles. The summed E-state index contributed by atoms with van der Waals surface area (Å²) < 4.78 is 7.04. The second kappa shape index (κ2) is 12.4. The summed E-state index contributed by atoms with van der Waals surface area (Å²) in [6.07, 6.45) is 4.26. The third-order valence-electron chi connectivity index (χ3n) is 7.08. The summed E-state index contributed by atoms with van der Waals surface area (Å²) in [6.45, 7) is 8.13. The van der Waals surface area contributed by atoms with Crippen LogP contribution in [0.25, 0.3) is 27.5 Å². The van der Waals surface area contributed by atoms with Crippen molar-refractivity contribution >= 4 is 40.7 Å². The number of pyridine rings is 1. The third-order valence-corrected chi connectivity index (χ3v) is 7.97. The lowest BCUT2D eigenvalue weighted by Crippen LogP contribution is -2.56. The lowest BCUT2D eigenvalue weighted by molar-refractivity contribution is -0.123. The van der Waals surface area contributed by atoms with Gasteiger partial charge in [0.05, 0.1) is 28.0 Å². The van der Waals surface area contributed by atoms with Gasteiger partial charge < -0.3 is 25.6 Å². The molecule has 1 aliphatic rings. The second-order valence-corrected chi connectivity index (χ2v) is 12.2. The topological polar surface area (TPSA) is 143 Å². The molecule has 0 saturated carbocycles. The number of thiophene rings is 1. The van der Waals surface area contributed by atoms with Crippen LogP contribution in [0.5, 0.6) is 0 Å². The number of alkyl carbamates (subject to hydrolysis) is 1. The zero-order chi connectivity index (χ0) is 30.7. The Morgan fingerprint density at radius 3 is 2.63 bits per heavy atom. The number of nitrogens with zero attached hydrogens (tertiary/aromatic N) is 5. The minimum absolute atomic E-state index is 0.110. The molecule has 43 heavy (non-hydrogen) atoms. The summed E-state index contributed by atoms with van der Waals surface area (Å²) in [4.78, 5) is 50.9. The minimum Gasteiger partial charge on any atom is -0.444 e. The van der Waals surface area contributed by atoms with Gasteiger partial charge in [0.15, 0.2) is 5.65 Å². The summed E-state index contributed by atoms with van der Waals surface area (Å²) in [5, 5.41) is 14.9. The molecule has 226 valence electrons. The molecule has 0 aliphatic carbocycles. The van der Waals surface area contributed by atoms with Crippen molar-refractivity contribution in [1.82, 2.24) is 35.5 Å². The molecule has 13 heteroatoms. The fourth-order valence-electron chi connectivity index (χ4n) is 4.73. The first kappa shape index (κ1) is 30.0. The van der Waals surface area contributed by atoms with E-state index < -0.39 is 11.7 Å². The minimum atomic E-state index is -0.629. The molecule has 3 N–H and O–H groups in total. The molecular formula is C30H36N8O4S. The van der Waals surface area contributed by atoms with Crippen molar-refractivity contribution in [1.29, 1.82) is 0 Å². The fraction of sp³-hybridized carbons (Fsp3) is 0.400. The molecular weight excluding hydrogens is 568 g/mol. The Labute approximate surface area is 253 Å². The molecule has 2 atom stereocenters. The van der Waals surface area contributed by atoms with Crippen LogP contribution in [0.3, 0.4) is 0 Å². The molecule has 12 nitrogen and oxygen atoms in total. The molecule has 0 spiro atoms. The van der Waals surface area contributed by atoms with Crippen LogP contribution in [-0.4, -0.2) is 75.3 Å². The van der Waals surface area contributed by atoms with Gasteiger partial charge in [-0.1, -0.05) is 13.0 Å². The Balaban J connectivity index is 1.45. The van der Waals surface area contributed by atoms with Gasteiger partial charge in [0.1, 0.15) is 17.5 Å². The van der Waals surface area contributed by atoms with Crippen molar-refractivity contribution in [2.75, 3.05) is 25.0 Å². The average Bonchev–Trinajstić information content (AvgIpc) is 3.63. The van der Waals surface area contributed by atoms with Gasteiger partial charge in [-0.25, -0.2) is 19.3 Å². The number of nitrogens with one attached hydrogen (secondary N) is 3. The lowest BCUT2D eigenvalue weighted by atomic mass is 10.0. The second-order valence-electron chi connectivity index (χ2n) is 11.3. The van der Waals surface area contributed by atoms with Gasteiger partial charge in [-0.2, -0.15) is 5.10 Å². The molecule has 5 heterocycles. The van der Waals surface area contributed by atoms with E-state index in [0.29, 0.717) is 47.7 Å². The van der Waals surface area contributed by atoms with E-state index in [1.807, 2.05) is 41.6 Å². The predicted molar refractivity (Wildman–Crippen MR) is 165 cm³/mol. The first-order valence-electron chi connectivity index (χ1n) is 14.2. The van der Waals surface area contributed by atoms with Crippen LogP contribution >= 0.6 is 11.3 Å². The first-order chi connectivity index (χ1) is 20.6. The average molecular weight is 605 g/mol. The first-order valence-corrected chi connectivity index (χ1v) is 15.1. The van der Waals surface area contributed by atoms with Gasteiger partial charge >= 0.3 is 6.09 Å². The SMILES string of the molecule is CCC(CNC(=O)c1cc(-c2cnn3ccc(-c4cccs4)nc23)nc(N2CC[C@H]2C(=O)NC)c1)NC(=O)OC(C)(C)C. The number of carbonyl (C=O) groups excluding carboxylic acids is 3. The van der Waals surface area contributed by atoms with Crippen molar-refractivity contribution in [3.8, 4) is 21.8 Å².